The number of thioether (sulfide) groups is 1. The summed E-state index contributed by atoms with van der Waals surface area (Å²) in [6, 6.07) is 7.66. The second-order valence-electron chi connectivity index (χ2n) is 6.76. The first kappa shape index (κ1) is 20.8. The lowest BCUT2D eigenvalue weighted by Crippen LogP contribution is -2.37. The Kier molecular flexibility index (Phi) is 6.17. The molecule has 0 spiro atoms. The highest BCUT2D eigenvalue weighted by Gasteiger charge is 2.19. The van der Waals surface area contributed by atoms with Gasteiger partial charge >= 0.3 is 5.69 Å². The van der Waals surface area contributed by atoms with Gasteiger partial charge in [-0.3, -0.25) is 18.7 Å². The number of carbonyl (C=O) groups is 1. The number of nitrogens with zero attached hydrogens (tertiary/aromatic N) is 4. The maximum Gasteiger partial charge on any atom is 0.332 e. The average molecular weight is 414 g/mol. The molecule has 0 atom stereocenters. The third-order valence-electron chi connectivity index (χ3n) is 4.49. The summed E-state index contributed by atoms with van der Waals surface area (Å²) in [5, 5.41) is 3.43. The van der Waals surface area contributed by atoms with Gasteiger partial charge < -0.3 is 5.32 Å². The molecule has 0 aliphatic rings. The lowest BCUT2D eigenvalue weighted by molar-refractivity contribution is -0.118. The van der Waals surface area contributed by atoms with E-state index in [-0.39, 0.29) is 22.7 Å². The van der Waals surface area contributed by atoms with Crippen LogP contribution in [0.15, 0.2) is 38.9 Å². The van der Waals surface area contributed by atoms with Crippen LogP contribution in [0.2, 0.25) is 0 Å². The SMILES string of the molecule is CCCNC(=O)CSc1nc(-c2ccc(C)cc2)nc2c1c(=O)n(C)c(=O)n2C. The Balaban J connectivity index is 2.17. The van der Waals surface area contributed by atoms with Gasteiger partial charge in [0, 0.05) is 26.2 Å². The van der Waals surface area contributed by atoms with Crippen molar-refractivity contribution in [3.8, 4) is 11.4 Å². The van der Waals surface area contributed by atoms with Crippen molar-refractivity contribution in [1.29, 1.82) is 0 Å². The van der Waals surface area contributed by atoms with Crippen molar-refractivity contribution in [3.05, 3.63) is 50.7 Å². The van der Waals surface area contributed by atoms with Crippen molar-refractivity contribution >= 4 is 28.7 Å². The molecule has 0 unspecified atom stereocenters. The summed E-state index contributed by atoms with van der Waals surface area (Å²) < 4.78 is 2.36. The number of hydrogen-bond acceptors (Lipinski definition) is 6. The first-order valence-electron chi connectivity index (χ1n) is 9.27. The zero-order chi connectivity index (χ0) is 21.1. The van der Waals surface area contributed by atoms with E-state index in [2.05, 4.69) is 15.3 Å². The molecule has 0 saturated carbocycles. The average Bonchev–Trinajstić information content (AvgIpc) is 2.73. The molecule has 0 fully saturated rings. The van der Waals surface area contributed by atoms with Gasteiger partial charge in [0.25, 0.3) is 5.56 Å². The van der Waals surface area contributed by atoms with Gasteiger partial charge in [-0.1, -0.05) is 48.5 Å². The molecule has 29 heavy (non-hydrogen) atoms. The second-order valence-corrected chi connectivity index (χ2v) is 7.73. The normalized spacial score (nSPS) is 11.0. The van der Waals surface area contributed by atoms with E-state index in [0.29, 0.717) is 17.4 Å². The van der Waals surface area contributed by atoms with Gasteiger partial charge in [0.1, 0.15) is 10.4 Å². The van der Waals surface area contributed by atoms with Gasteiger partial charge in [-0.2, -0.15) is 0 Å². The molecule has 1 N–H and O–H groups in total. The van der Waals surface area contributed by atoms with Crippen molar-refractivity contribution in [1.82, 2.24) is 24.4 Å². The summed E-state index contributed by atoms with van der Waals surface area (Å²) in [7, 11) is 2.98. The number of carbonyl (C=O) groups excluding carboxylic acids is 1. The van der Waals surface area contributed by atoms with Crippen LogP contribution in [0.25, 0.3) is 22.4 Å². The first-order valence-corrected chi connectivity index (χ1v) is 10.3. The fourth-order valence-electron chi connectivity index (χ4n) is 2.81. The standard InChI is InChI=1S/C20H23N5O3S/c1-5-10-21-14(26)11-29-18-15-17(24(3)20(28)25(4)19(15)27)22-16(23-18)13-8-6-12(2)7-9-13/h6-9H,5,10-11H2,1-4H3,(H,21,26). The van der Waals surface area contributed by atoms with Crippen LogP contribution in [0.4, 0.5) is 0 Å². The highest BCUT2D eigenvalue weighted by molar-refractivity contribution is 8.00. The summed E-state index contributed by atoms with van der Waals surface area (Å²) in [6.45, 7) is 4.55. The molecule has 0 bridgehead atoms. The lowest BCUT2D eigenvalue weighted by Gasteiger charge is -2.12. The van der Waals surface area contributed by atoms with Crippen LogP contribution in [0, 0.1) is 6.92 Å². The van der Waals surface area contributed by atoms with Gasteiger partial charge in [0.2, 0.25) is 5.91 Å². The maximum absolute atomic E-state index is 12.8. The second kappa shape index (κ2) is 8.60. The fraction of sp³-hybridized carbons (Fsp3) is 0.350. The third-order valence-corrected chi connectivity index (χ3v) is 5.46. The van der Waals surface area contributed by atoms with E-state index in [9.17, 15) is 14.4 Å². The largest absolute Gasteiger partial charge is 0.355 e. The molecule has 3 aromatic rings. The smallest absolute Gasteiger partial charge is 0.332 e. The van der Waals surface area contributed by atoms with E-state index in [1.807, 2.05) is 38.1 Å². The van der Waals surface area contributed by atoms with Gasteiger partial charge in [-0.15, -0.1) is 0 Å². The summed E-state index contributed by atoms with van der Waals surface area (Å²) in [5.41, 5.74) is 1.17. The number of amides is 1. The van der Waals surface area contributed by atoms with Crippen molar-refractivity contribution < 1.29 is 4.79 Å². The van der Waals surface area contributed by atoms with Crippen LogP contribution in [0.3, 0.4) is 0 Å². The Morgan fingerprint density at radius 2 is 1.79 bits per heavy atom. The molecule has 1 aromatic carbocycles. The highest BCUT2D eigenvalue weighted by atomic mass is 32.2. The number of aryl methyl sites for hydroxylation is 2. The summed E-state index contributed by atoms with van der Waals surface area (Å²) in [6.07, 6.45) is 0.840. The highest BCUT2D eigenvalue weighted by Crippen LogP contribution is 2.26. The molecule has 0 aliphatic heterocycles. The predicted molar refractivity (Wildman–Crippen MR) is 114 cm³/mol. The van der Waals surface area contributed by atoms with Gasteiger partial charge in [0.15, 0.2) is 11.5 Å². The number of rotatable bonds is 6. The Labute approximate surface area is 172 Å². The van der Waals surface area contributed by atoms with E-state index in [4.69, 9.17) is 0 Å². The van der Waals surface area contributed by atoms with Crippen LogP contribution in [0.1, 0.15) is 18.9 Å². The number of hydrogen-bond donors (Lipinski definition) is 1. The molecule has 0 saturated heterocycles. The Morgan fingerprint density at radius 3 is 2.45 bits per heavy atom. The van der Waals surface area contributed by atoms with Crippen molar-refractivity contribution in [2.45, 2.75) is 25.3 Å². The Hall–Kier alpha value is -2.94. The zero-order valence-corrected chi connectivity index (χ0v) is 17.7. The van der Waals surface area contributed by atoms with E-state index >= 15 is 0 Å². The molecular formula is C20H23N5O3S. The van der Waals surface area contributed by atoms with Crippen LogP contribution in [-0.4, -0.2) is 37.3 Å². The summed E-state index contributed by atoms with van der Waals surface area (Å²) in [5.74, 6) is 0.380. The van der Waals surface area contributed by atoms with Crippen molar-refractivity contribution in [2.24, 2.45) is 14.1 Å². The monoisotopic (exact) mass is 413 g/mol. The van der Waals surface area contributed by atoms with E-state index in [1.54, 1.807) is 7.05 Å². The number of benzene rings is 1. The summed E-state index contributed by atoms with van der Waals surface area (Å²) in [4.78, 5) is 46.3. The maximum atomic E-state index is 12.8. The summed E-state index contributed by atoms with van der Waals surface area (Å²) >= 11 is 1.17. The molecule has 0 aliphatic carbocycles. The molecule has 9 heteroatoms. The number of fused-ring (bicyclic) bond motifs is 1. The quantitative estimate of drug-likeness (QED) is 0.487. The van der Waals surface area contributed by atoms with Crippen LogP contribution in [-0.2, 0) is 18.9 Å². The zero-order valence-electron chi connectivity index (χ0n) is 16.9. The minimum atomic E-state index is -0.477. The van der Waals surface area contributed by atoms with Crippen LogP contribution in [0.5, 0.6) is 0 Å². The van der Waals surface area contributed by atoms with E-state index in [0.717, 1.165) is 22.1 Å². The number of aromatic nitrogens is 4. The van der Waals surface area contributed by atoms with Crippen LogP contribution < -0.4 is 16.6 Å². The topological polar surface area (TPSA) is 98.9 Å². The van der Waals surface area contributed by atoms with Crippen molar-refractivity contribution in [3.63, 3.8) is 0 Å². The Bertz CT molecular complexity index is 1180. The van der Waals surface area contributed by atoms with E-state index < -0.39 is 11.2 Å². The minimum Gasteiger partial charge on any atom is -0.355 e. The fourth-order valence-corrected chi connectivity index (χ4v) is 3.66. The van der Waals surface area contributed by atoms with Gasteiger partial charge in [-0.25, -0.2) is 14.8 Å². The van der Waals surface area contributed by atoms with Crippen molar-refractivity contribution in [2.75, 3.05) is 12.3 Å². The molecule has 2 aromatic heterocycles. The van der Waals surface area contributed by atoms with Gasteiger partial charge in [-0.05, 0) is 13.3 Å². The molecule has 152 valence electrons. The molecule has 0 radical (unpaired) electrons. The lowest BCUT2D eigenvalue weighted by atomic mass is 10.1. The number of nitrogens with one attached hydrogen (secondary N) is 1. The Morgan fingerprint density at radius 1 is 1.10 bits per heavy atom. The van der Waals surface area contributed by atoms with E-state index in [1.165, 1.54) is 23.4 Å². The molecule has 2 heterocycles. The molecule has 3 rings (SSSR count). The third kappa shape index (κ3) is 4.24. The van der Waals surface area contributed by atoms with Gasteiger partial charge in [0.05, 0.1) is 5.75 Å². The first-order chi connectivity index (χ1) is 13.8. The molecule has 1 amide bonds. The molecular weight excluding hydrogens is 390 g/mol. The van der Waals surface area contributed by atoms with Crippen LogP contribution >= 0.6 is 11.8 Å². The minimum absolute atomic E-state index is 0.117. The molecule has 8 nitrogen and oxygen atoms in total. The predicted octanol–water partition coefficient (Wildman–Crippen LogP) is 1.62.